The first-order valence-corrected chi connectivity index (χ1v) is 8.82. The summed E-state index contributed by atoms with van der Waals surface area (Å²) in [5.41, 5.74) is -4.38. The molecular formula is C18H19F7N4O3. The summed E-state index contributed by atoms with van der Waals surface area (Å²) in [6.45, 7) is 4.06. The number of hydrogen-bond donors (Lipinski definition) is 3. The number of nitrogens with zero attached hydrogens (tertiary/aromatic N) is 2. The van der Waals surface area contributed by atoms with Crippen molar-refractivity contribution in [3.8, 4) is 0 Å². The number of carbonyl (C=O) groups is 2. The molecule has 178 valence electrons. The summed E-state index contributed by atoms with van der Waals surface area (Å²) >= 11 is 0. The molecular weight excluding hydrogens is 453 g/mol. The van der Waals surface area contributed by atoms with Gasteiger partial charge in [-0.05, 0) is 39.0 Å². The van der Waals surface area contributed by atoms with Crippen LogP contribution < -0.4 is 11.1 Å². The number of hydrogen-bond acceptors (Lipinski definition) is 5. The van der Waals surface area contributed by atoms with Gasteiger partial charge in [0, 0.05) is 18.3 Å². The van der Waals surface area contributed by atoms with Crippen LogP contribution in [0.4, 0.5) is 36.4 Å². The Morgan fingerprint density at radius 1 is 1.12 bits per heavy atom. The molecule has 2 rings (SSSR count). The molecule has 14 heteroatoms. The van der Waals surface area contributed by atoms with Crippen molar-refractivity contribution in [1.29, 1.82) is 0 Å². The molecule has 1 atom stereocenters. The van der Waals surface area contributed by atoms with Crippen molar-refractivity contribution >= 4 is 23.5 Å². The number of amides is 2. The highest BCUT2D eigenvalue weighted by molar-refractivity contribution is 6.02. The van der Waals surface area contributed by atoms with Crippen LogP contribution in [0.1, 0.15) is 26.3 Å². The highest BCUT2D eigenvalue weighted by atomic mass is 19.4. The van der Waals surface area contributed by atoms with Crippen LogP contribution in [-0.4, -0.2) is 52.8 Å². The Hall–Kier alpha value is -2.90. The Morgan fingerprint density at radius 2 is 1.62 bits per heavy atom. The largest absolute Gasteiger partial charge is 0.435 e. The molecule has 1 aromatic rings. The average molecular weight is 472 g/mol. The molecule has 7 nitrogen and oxygen atoms in total. The molecule has 2 amide bonds. The van der Waals surface area contributed by atoms with Crippen molar-refractivity contribution in [2.75, 3.05) is 12.4 Å². The summed E-state index contributed by atoms with van der Waals surface area (Å²) in [5, 5.41) is 10.5. The lowest BCUT2D eigenvalue weighted by Crippen LogP contribution is -2.64. The average Bonchev–Trinajstić information content (AvgIpc) is 2.64. The highest BCUT2D eigenvalue weighted by Gasteiger charge is 2.75. The Balaban J connectivity index is 2.60. The van der Waals surface area contributed by atoms with Crippen molar-refractivity contribution in [1.82, 2.24) is 4.90 Å². The molecule has 1 aromatic carbocycles. The van der Waals surface area contributed by atoms with Crippen LogP contribution in [0.5, 0.6) is 0 Å². The first-order chi connectivity index (χ1) is 14.2. The zero-order chi connectivity index (χ0) is 25.1. The summed E-state index contributed by atoms with van der Waals surface area (Å²) in [4.78, 5) is 29.6. The van der Waals surface area contributed by atoms with E-state index in [2.05, 4.69) is 4.99 Å². The molecule has 1 unspecified atom stereocenters. The Bertz CT molecular complexity index is 974. The Morgan fingerprint density at radius 3 is 2.09 bits per heavy atom. The number of rotatable bonds is 3. The number of halogens is 7. The molecule has 0 spiro atoms. The minimum atomic E-state index is -6.40. The van der Waals surface area contributed by atoms with Gasteiger partial charge < -0.3 is 16.2 Å². The summed E-state index contributed by atoms with van der Waals surface area (Å²) in [7, 11) is 1.31. The molecule has 0 bridgehead atoms. The van der Waals surface area contributed by atoms with Gasteiger partial charge in [-0.15, -0.1) is 0 Å². The van der Waals surface area contributed by atoms with E-state index in [1.165, 1.54) is 33.1 Å². The maximum Gasteiger partial charge on any atom is 0.435 e. The third-order valence-electron chi connectivity index (χ3n) is 5.64. The SMILES string of the molecule is CN1C(=O)C(C)(C)C(C)(c2cc(NC(=O)C(O)(C(F)(F)F)C(F)(F)F)ccc2F)N=C1N. The standard InChI is InChI=1S/C18H19F7N4O3/c1-14(2)12(31)29(4)13(26)28-15(14,3)9-7-8(5-6-10(9)19)27-11(30)16(32,17(20,21)22)18(23,24)25/h5-7,32H,1-4H3,(H2,26,28)(H,27,30). The Kier molecular flexibility index (Phi) is 5.80. The van der Waals surface area contributed by atoms with E-state index in [9.17, 15) is 45.4 Å². The molecule has 4 N–H and O–H groups in total. The van der Waals surface area contributed by atoms with Crippen molar-refractivity contribution < 1.29 is 45.4 Å². The third-order valence-corrected chi connectivity index (χ3v) is 5.64. The number of nitrogens with two attached hydrogens (primary N) is 1. The number of carbonyl (C=O) groups excluding carboxylic acids is 2. The van der Waals surface area contributed by atoms with Gasteiger partial charge in [-0.3, -0.25) is 14.5 Å². The molecule has 0 fully saturated rings. The van der Waals surface area contributed by atoms with Gasteiger partial charge in [0.2, 0.25) is 5.91 Å². The first kappa shape index (κ1) is 25.4. The molecule has 0 radical (unpaired) electrons. The number of guanidine groups is 1. The number of anilines is 1. The van der Waals surface area contributed by atoms with E-state index in [1.807, 2.05) is 0 Å². The van der Waals surface area contributed by atoms with Crippen LogP contribution in [0, 0.1) is 11.2 Å². The van der Waals surface area contributed by atoms with Crippen molar-refractivity contribution in [3.05, 3.63) is 29.6 Å². The van der Waals surface area contributed by atoms with Crippen LogP contribution in [0.2, 0.25) is 0 Å². The molecule has 1 aliphatic heterocycles. The van der Waals surface area contributed by atoms with Gasteiger partial charge in [-0.1, -0.05) is 0 Å². The second-order valence-electron chi connectivity index (χ2n) is 7.89. The third kappa shape index (κ3) is 3.55. The van der Waals surface area contributed by atoms with Gasteiger partial charge in [-0.2, -0.15) is 26.3 Å². The minimum absolute atomic E-state index is 0.311. The smallest absolute Gasteiger partial charge is 0.369 e. The summed E-state index contributed by atoms with van der Waals surface area (Å²) in [6, 6.07) is 2.06. The molecule has 0 saturated heterocycles. The molecule has 0 saturated carbocycles. The van der Waals surface area contributed by atoms with E-state index in [1.54, 1.807) is 0 Å². The van der Waals surface area contributed by atoms with E-state index in [0.717, 1.165) is 11.0 Å². The summed E-state index contributed by atoms with van der Waals surface area (Å²) in [6.07, 6.45) is -12.8. The van der Waals surface area contributed by atoms with Crippen LogP contribution in [0.15, 0.2) is 23.2 Å². The van der Waals surface area contributed by atoms with Gasteiger partial charge in [0.05, 0.1) is 5.41 Å². The second kappa shape index (κ2) is 7.32. The Labute approximate surface area is 177 Å². The number of nitrogens with one attached hydrogen (secondary N) is 1. The molecule has 32 heavy (non-hydrogen) atoms. The van der Waals surface area contributed by atoms with Gasteiger partial charge in [-0.25, -0.2) is 9.38 Å². The van der Waals surface area contributed by atoms with E-state index in [4.69, 9.17) is 5.73 Å². The van der Waals surface area contributed by atoms with Gasteiger partial charge in [0.15, 0.2) is 5.96 Å². The zero-order valence-corrected chi connectivity index (χ0v) is 17.1. The zero-order valence-electron chi connectivity index (χ0n) is 17.1. The normalized spacial score (nSPS) is 21.9. The molecule has 0 aromatic heterocycles. The van der Waals surface area contributed by atoms with Gasteiger partial charge in [0.25, 0.3) is 5.91 Å². The van der Waals surface area contributed by atoms with Crippen LogP contribution >= 0.6 is 0 Å². The molecule has 1 aliphatic rings. The van der Waals surface area contributed by atoms with Crippen LogP contribution in [0.3, 0.4) is 0 Å². The fourth-order valence-electron chi connectivity index (χ4n) is 3.19. The van der Waals surface area contributed by atoms with Gasteiger partial charge >= 0.3 is 18.0 Å². The number of aliphatic imine (C=N–C) groups is 1. The minimum Gasteiger partial charge on any atom is -0.369 e. The number of benzene rings is 1. The number of alkyl halides is 6. The quantitative estimate of drug-likeness (QED) is 0.588. The predicted molar refractivity (Wildman–Crippen MR) is 97.6 cm³/mol. The van der Waals surface area contributed by atoms with Crippen LogP contribution in [0.25, 0.3) is 0 Å². The fraction of sp³-hybridized carbons (Fsp3) is 0.500. The lowest BCUT2D eigenvalue weighted by Gasteiger charge is -2.46. The maximum absolute atomic E-state index is 14.7. The summed E-state index contributed by atoms with van der Waals surface area (Å²) in [5.74, 6) is -4.77. The maximum atomic E-state index is 14.7. The lowest BCUT2D eigenvalue weighted by molar-refractivity contribution is -0.348. The predicted octanol–water partition coefficient (Wildman–Crippen LogP) is 2.65. The first-order valence-electron chi connectivity index (χ1n) is 8.82. The molecule has 1 heterocycles. The highest BCUT2D eigenvalue weighted by Crippen LogP contribution is 2.48. The van der Waals surface area contributed by atoms with E-state index < -0.39 is 57.8 Å². The van der Waals surface area contributed by atoms with Crippen molar-refractivity contribution in [2.45, 2.75) is 44.3 Å². The lowest BCUT2D eigenvalue weighted by atomic mass is 9.67. The van der Waals surface area contributed by atoms with Crippen molar-refractivity contribution in [2.24, 2.45) is 16.1 Å². The topological polar surface area (TPSA) is 108 Å². The number of aliphatic hydroxyl groups is 1. The van der Waals surface area contributed by atoms with Crippen LogP contribution in [-0.2, 0) is 15.1 Å². The molecule has 0 aliphatic carbocycles. The van der Waals surface area contributed by atoms with E-state index in [-0.39, 0.29) is 5.96 Å². The monoisotopic (exact) mass is 472 g/mol. The van der Waals surface area contributed by atoms with Gasteiger partial charge in [0.1, 0.15) is 11.4 Å². The van der Waals surface area contributed by atoms with E-state index in [0.29, 0.717) is 12.1 Å². The second-order valence-corrected chi connectivity index (χ2v) is 7.89. The fourth-order valence-corrected chi connectivity index (χ4v) is 3.19. The van der Waals surface area contributed by atoms with E-state index >= 15 is 0 Å². The summed E-state index contributed by atoms with van der Waals surface area (Å²) < 4.78 is 92.1. The van der Waals surface area contributed by atoms with Crippen molar-refractivity contribution in [3.63, 3.8) is 0 Å².